The topological polar surface area (TPSA) is 85.8 Å². The molecule has 0 saturated heterocycles. The Morgan fingerprint density at radius 2 is 2.22 bits per heavy atom. The molecule has 6 nitrogen and oxygen atoms in total. The number of hydrogen-bond donors (Lipinski definition) is 2. The molecule has 2 rings (SSSR count). The van der Waals surface area contributed by atoms with E-state index in [0.717, 1.165) is 30.7 Å². The Kier molecular flexibility index (Phi) is 6.29. The first kappa shape index (κ1) is 17.6. The Balaban J connectivity index is 1.89. The molecule has 0 bridgehead atoms. The second-order valence-electron chi connectivity index (χ2n) is 5.17. The molecular formula is C15H20ClN5OS. The fraction of sp³-hybridized carbons (Fsp3) is 0.400. The van der Waals surface area contributed by atoms with Crippen molar-refractivity contribution in [1.29, 1.82) is 0 Å². The summed E-state index contributed by atoms with van der Waals surface area (Å²) in [5.74, 6) is 6.73. The zero-order valence-electron chi connectivity index (χ0n) is 13.2. The van der Waals surface area contributed by atoms with Crippen molar-refractivity contribution in [2.45, 2.75) is 38.3 Å². The van der Waals surface area contributed by atoms with Gasteiger partial charge in [0.1, 0.15) is 0 Å². The number of aryl methyl sites for hydroxylation is 2. The fourth-order valence-electron chi connectivity index (χ4n) is 1.91. The molecule has 0 unspecified atom stereocenters. The number of unbranched alkanes of at least 4 members (excludes halogenated alkanes) is 1. The highest BCUT2D eigenvalue weighted by Gasteiger charge is 2.12. The third-order valence-electron chi connectivity index (χ3n) is 3.28. The molecular weight excluding hydrogens is 334 g/mol. The Morgan fingerprint density at radius 1 is 1.43 bits per heavy atom. The molecule has 1 amide bonds. The van der Waals surface area contributed by atoms with Gasteiger partial charge in [-0.2, -0.15) is 0 Å². The summed E-state index contributed by atoms with van der Waals surface area (Å²) < 4.78 is 1.45. The number of nitrogens with zero attached hydrogens (tertiary/aromatic N) is 3. The van der Waals surface area contributed by atoms with Crippen LogP contribution in [0.2, 0.25) is 5.02 Å². The van der Waals surface area contributed by atoms with Gasteiger partial charge < -0.3 is 11.2 Å². The molecule has 1 heterocycles. The van der Waals surface area contributed by atoms with Crippen LogP contribution in [-0.2, 0) is 11.2 Å². The van der Waals surface area contributed by atoms with Gasteiger partial charge in [0.15, 0.2) is 5.82 Å². The number of nitrogens with two attached hydrogens (primary N) is 1. The molecule has 23 heavy (non-hydrogen) atoms. The van der Waals surface area contributed by atoms with Crippen molar-refractivity contribution in [2.24, 2.45) is 0 Å². The molecule has 0 atom stereocenters. The van der Waals surface area contributed by atoms with Gasteiger partial charge in [-0.3, -0.25) is 4.79 Å². The predicted octanol–water partition coefficient (Wildman–Crippen LogP) is 3.03. The van der Waals surface area contributed by atoms with Gasteiger partial charge >= 0.3 is 0 Å². The maximum Gasteiger partial charge on any atom is 0.234 e. The summed E-state index contributed by atoms with van der Waals surface area (Å²) in [5, 5.41) is 12.0. The van der Waals surface area contributed by atoms with E-state index < -0.39 is 0 Å². The van der Waals surface area contributed by atoms with Crippen LogP contribution in [0.1, 0.15) is 31.2 Å². The normalized spacial score (nSPS) is 10.7. The maximum absolute atomic E-state index is 12.0. The van der Waals surface area contributed by atoms with Crippen molar-refractivity contribution in [3.8, 4) is 0 Å². The van der Waals surface area contributed by atoms with Crippen LogP contribution in [0.15, 0.2) is 23.4 Å². The summed E-state index contributed by atoms with van der Waals surface area (Å²) >= 11 is 7.30. The molecule has 0 aliphatic rings. The van der Waals surface area contributed by atoms with E-state index in [1.807, 2.05) is 19.1 Å². The Hall–Kier alpha value is -1.73. The summed E-state index contributed by atoms with van der Waals surface area (Å²) in [6.07, 6.45) is 2.86. The molecule has 0 radical (unpaired) electrons. The molecule has 1 aromatic heterocycles. The summed E-state index contributed by atoms with van der Waals surface area (Å²) in [6, 6.07) is 5.41. The average molecular weight is 354 g/mol. The third kappa shape index (κ3) is 4.87. The van der Waals surface area contributed by atoms with Gasteiger partial charge in [0.25, 0.3) is 0 Å². The number of hydrogen-bond acceptors (Lipinski definition) is 5. The molecule has 3 N–H and O–H groups in total. The van der Waals surface area contributed by atoms with Crippen molar-refractivity contribution >= 4 is 35.0 Å². The number of carbonyl (C=O) groups excluding carboxylic acids is 1. The van der Waals surface area contributed by atoms with Crippen molar-refractivity contribution in [3.05, 3.63) is 34.6 Å². The van der Waals surface area contributed by atoms with Gasteiger partial charge in [0.2, 0.25) is 11.1 Å². The van der Waals surface area contributed by atoms with Crippen LogP contribution in [0, 0.1) is 6.92 Å². The molecule has 0 spiro atoms. The molecule has 2 aromatic rings. The van der Waals surface area contributed by atoms with Crippen LogP contribution in [-0.4, -0.2) is 26.5 Å². The van der Waals surface area contributed by atoms with Crippen molar-refractivity contribution in [3.63, 3.8) is 0 Å². The van der Waals surface area contributed by atoms with E-state index in [9.17, 15) is 4.79 Å². The molecule has 0 saturated carbocycles. The summed E-state index contributed by atoms with van der Waals surface area (Å²) in [4.78, 5) is 12.0. The van der Waals surface area contributed by atoms with E-state index in [1.54, 1.807) is 6.07 Å². The van der Waals surface area contributed by atoms with Gasteiger partial charge in [-0.1, -0.05) is 42.8 Å². The Morgan fingerprint density at radius 3 is 2.91 bits per heavy atom. The van der Waals surface area contributed by atoms with Gasteiger partial charge in [-0.05, 0) is 31.0 Å². The standard InChI is InChI=1S/C15H20ClN5OS/c1-3-4-5-13-19-20-15(21(13)17)23-9-14(22)18-11-7-6-10(2)12(16)8-11/h6-8H,3-5,9,17H2,1-2H3,(H,18,22). The number of nitrogen functional groups attached to an aromatic ring is 1. The lowest BCUT2D eigenvalue weighted by atomic mass is 10.2. The van der Waals surface area contributed by atoms with Gasteiger partial charge in [0.05, 0.1) is 5.75 Å². The maximum atomic E-state index is 12.0. The number of halogens is 1. The minimum atomic E-state index is -0.145. The van der Waals surface area contributed by atoms with E-state index in [4.69, 9.17) is 17.4 Å². The van der Waals surface area contributed by atoms with Crippen LogP contribution in [0.3, 0.4) is 0 Å². The highest BCUT2D eigenvalue weighted by molar-refractivity contribution is 7.99. The van der Waals surface area contributed by atoms with Crippen LogP contribution >= 0.6 is 23.4 Å². The number of amides is 1. The number of anilines is 1. The Bertz CT molecular complexity index is 689. The fourth-order valence-corrected chi connectivity index (χ4v) is 2.76. The minimum Gasteiger partial charge on any atom is -0.336 e. The second kappa shape index (κ2) is 8.21. The van der Waals surface area contributed by atoms with Crippen molar-refractivity contribution in [1.82, 2.24) is 14.9 Å². The average Bonchev–Trinajstić information content (AvgIpc) is 2.87. The molecule has 1 aromatic carbocycles. The summed E-state index contributed by atoms with van der Waals surface area (Å²) in [5.41, 5.74) is 1.64. The lowest BCUT2D eigenvalue weighted by Gasteiger charge is -2.07. The monoisotopic (exact) mass is 353 g/mol. The quantitative estimate of drug-likeness (QED) is 0.590. The number of benzene rings is 1. The van der Waals surface area contributed by atoms with Crippen molar-refractivity contribution in [2.75, 3.05) is 16.9 Å². The van der Waals surface area contributed by atoms with E-state index in [1.165, 1.54) is 16.4 Å². The van der Waals surface area contributed by atoms with Gasteiger partial charge in [-0.25, -0.2) is 4.68 Å². The largest absolute Gasteiger partial charge is 0.336 e. The number of carbonyl (C=O) groups is 1. The second-order valence-corrected chi connectivity index (χ2v) is 6.52. The smallest absolute Gasteiger partial charge is 0.234 e. The van der Waals surface area contributed by atoms with Crippen molar-refractivity contribution < 1.29 is 4.79 Å². The van der Waals surface area contributed by atoms with E-state index in [0.29, 0.717) is 15.9 Å². The first-order chi connectivity index (χ1) is 11.0. The number of rotatable bonds is 7. The number of thioether (sulfide) groups is 1. The number of aromatic nitrogens is 3. The molecule has 0 fully saturated rings. The minimum absolute atomic E-state index is 0.145. The van der Waals surface area contributed by atoms with Gasteiger partial charge in [-0.15, -0.1) is 10.2 Å². The van der Waals surface area contributed by atoms with E-state index in [2.05, 4.69) is 22.4 Å². The van der Waals surface area contributed by atoms with Crippen LogP contribution in [0.25, 0.3) is 0 Å². The third-order valence-corrected chi connectivity index (χ3v) is 4.63. The highest BCUT2D eigenvalue weighted by atomic mass is 35.5. The molecule has 124 valence electrons. The lowest BCUT2D eigenvalue weighted by molar-refractivity contribution is -0.113. The van der Waals surface area contributed by atoms with E-state index >= 15 is 0 Å². The van der Waals surface area contributed by atoms with Crippen LogP contribution < -0.4 is 11.2 Å². The first-order valence-corrected chi connectivity index (χ1v) is 8.75. The first-order valence-electron chi connectivity index (χ1n) is 7.39. The van der Waals surface area contributed by atoms with Gasteiger partial charge in [0, 0.05) is 17.1 Å². The highest BCUT2D eigenvalue weighted by Crippen LogP contribution is 2.21. The molecule has 8 heteroatoms. The lowest BCUT2D eigenvalue weighted by Crippen LogP contribution is -2.17. The zero-order valence-corrected chi connectivity index (χ0v) is 14.7. The molecule has 0 aliphatic heterocycles. The van der Waals surface area contributed by atoms with Crippen LogP contribution in [0.4, 0.5) is 5.69 Å². The summed E-state index contributed by atoms with van der Waals surface area (Å²) in [6.45, 7) is 4.02. The molecule has 0 aliphatic carbocycles. The zero-order chi connectivity index (χ0) is 16.8. The van der Waals surface area contributed by atoms with E-state index in [-0.39, 0.29) is 11.7 Å². The summed E-state index contributed by atoms with van der Waals surface area (Å²) in [7, 11) is 0. The van der Waals surface area contributed by atoms with Crippen LogP contribution in [0.5, 0.6) is 0 Å². The number of nitrogens with one attached hydrogen (secondary N) is 1. The SMILES string of the molecule is CCCCc1nnc(SCC(=O)Nc2ccc(C)c(Cl)c2)n1N. The Labute approximate surface area is 144 Å². The predicted molar refractivity (Wildman–Crippen MR) is 94.3 cm³/mol.